The number of ether oxygens (including phenoxy) is 1. The van der Waals surface area contributed by atoms with Crippen molar-refractivity contribution >= 4 is 17.5 Å². The molecular formula is C29H34O5. The van der Waals surface area contributed by atoms with Crippen LogP contribution in [0.4, 0.5) is 0 Å². The van der Waals surface area contributed by atoms with Gasteiger partial charge in [-0.1, -0.05) is 61.4 Å². The number of hydrogen-bond acceptors (Lipinski definition) is 5. The third kappa shape index (κ3) is 3.19. The number of carbonyl (C=O) groups is 3. The minimum atomic E-state index is -1.63. The molecule has 2 fully saturated rings. The number of ketones is 2. The van der Waals surface area contributed by atoms with Gasteiger partial charge in [-0.2, -0.15) is 0 Å². The van der Waals surface area contributed by atoms with Gasteiger partial charge in [0.2, 0.25) is 5.78 Å². The smallest absolute Gasteiger partial charge is 0.303 e. The van der Waals surface area contributed by atoms with E-state index in [0.29, 0.717) is 19.3 Å². The van der Waals surface area contributed by atoms with Crippen LogP contribution >= 0.6 is 0 Å². The summed E-state index contributed by atoms with van der Waals surface area (Å²) in [5.74, 6) is -0.690. The first kappa shape index (κ1) is 23.2. The normalized spacial score (nSPS) is 38.7. The number of rotatable bonds is 4. The van der Waals surface area contributed by atoms with E-state index in [2.05, 4.69) is 19.9 Å². The third-order valence-electron chi connectivity index (χ3n) is 9.62. The topological polar surface area (TPSA) is 80.7 Å². The number of benzene rings is 1. The Kier molecular flexibility index (Phi) is 5.47. The zero-order chi connectivity index (χ0) is 24.3. The van der Waals surface area contributed by atoms with Crippen molar-refractivity contribution < 1.29 is 24.2 Å². The van der Waals surface area contributed by atoms with Crippen LogP contribution < -0.4 is 0 Å². The molecule has 2 unspecified atom stereocenters. The quantitative estimate of drug-likeness (QED) is 0.518. The lowest BCUT2D eigenvalue weighted by Gasteiger charge is -2.54. The molecule has 4 aliphatic carbocycles. The van der Waals surface area contributed by atoms with E-state index in [4.69, 9.17) is 4.74 Å². The predicted molar refractivity (Wildman–Crippen MR) is 128 cm³/mol. The number of hydrogen-bond donors (Lipinski definition) is 1. The fourth-order valence-corrected chi connectivity index (χ4v) is 7.76. The van der Waals surface area contributed by atoms with Gasteiger partial charge in [0.05, 0.1) is 0 Å². The Morgan fingerprint density at radius 1 is 1.15 bits per heavy atom. The van der Waals surface area contributed by atoms with Crippen molar-refractivity contribution in [3.05, 3.63) is 59.2 Å². The molecule has 0 aromatic heterocycles. The Labute approximate surface area is 201 Å². The fourth-order valence-electron chi connectivity index (χ4n) is 7.76. The Morgan fingerprint density at radius 2 is 1.88 bits per heavy atom. The fraction of sp³-hybridized carbons (Fsp3) is 0.552. The monoisotopic (exact) mass is 462 g/mol. The molecule has 0 aliphatic heterocycles. The van der Waals surface area contributed by atoms with Gasteiger partial charge >= 0.3 is 5.97 Å². The Bertz CT molecular complexity index is 1100. The molecule has 0 bridgehead atoms. The van der Waals surface area contributed by atoms with E-state index >= 15 is 0 Å². The molecule has 0 heterocycles. The zero-order valence-electron chi connectivity index (χ0n) is 20.3. The van der Waals surface area contributed by atoms with E-state index < -0.39 is 29.4 Å². The summed E-state index contributed by atoms with van der Waals surface area (Å²) < 4.78 is 5.09. The van der Waals surface area contributed by atoms with Crippen molar-refractivity contribution in [2.24, 2.45) is 22.7 Å². The minimum Gasteiger partial charge on any atom is -0.458 e. The first-order valence-corrected chi connectivity index (χ1v) is 12.5. The van der Waals surface area contributed by atoms with E-state index in [1.54, 1.807) is 0 Å². The van der Waals surface area contributed by atoms with Gasteiger partial charge in [-0.3, -0.25) is 14.4 Å². The number of carbonyl (C=O) groups excluding carboxylic acids is 3. The second kappa shape index (κ2) is 8.01. The molecule has 1 N–H and O–H groups in total. The van der Waals surface area contributed by atoms with Gasteiger partial charge in [0.1, 0.15) is 5.60 Å². The standard InChI is InChI=1S/C29H34O5/c1-18(30)34-17-26(32)29(33)24(19-7-5-4-6-8-19)16-25-22-10-9-20-15-21(31)11-13-27(20,2)23(22)12-14-28(25,29)3/h4-8,12,15,22,24-25,33H,9-11,13-14,16-17H2,1-3H3/t22?,24-,25?,27-,28-,29-/m0/s1. The predicted octanol–water partition coefficient (Wildman–Crippen LogP) is 4.70. The summed E-state index contributed by atoms with van der Waals surface area (Å²) >= 11 is 0. The summed E-state index contributed by atoms with van der Waals surface area (Å²) in [6.07, 6.45) is 8.65. The molecule has 34 heavy (non-hydrogen) atoms. The molecule has 180 valence electrons. The van der Waals surface area contributed by atoms with Gasteiger partial charge < -0.3 is 9.84 Å². The molecule has 2 saturated carbocycles. The summed E-state index contributed by atoms with van der Waals surface area (Å²) in [6, 6.07) is 9.79. The Hall–Kier alpha value is -2.53. The van der Waals surface area contributed by atoms with Crippen LogP contribution in [0, 0.1) is 22.7 Å². The summed E-state index contributed by atoms with van der Waals surface area (Å²) in [7, 11) is 0. The average Bonchev–Trinajstić information content (AvgIpc) is 3.07. The number of aliphatic hydroxyl groups is 1. The minimum absolute atomic E-state index is 0.108. The van der Waals surface area contributed by atoms with Crippen LogP contribution in [0.1, 0.15) is 70.8 Å². The molecule has 1 aromatic carbocycles. The van der Waals surface area contributed by atoms with E-state index in [9.17, 15) is 19.5 Å². The summed E-state index contributed by atoms with van der Waals surface area (Å²) in [5.41, 5.74) is 1.18. The number of esters is 1. The second-order valence-electron chi connectivity index (χ2n) is 11.2. The first-order valence-electron chi connectivity index (χ1n) is 12.5. The van der Waals surface area contributed by atoms with Gasteiger partial charge in [0.25, 0.3) is 0 Å². The molecule has 0 spiro atoms. The second-order valence-corrected chi connectivity index (χ2v) is 11.2. The molecule has 5 heteroatoms. The highest BCUT2D eigenvalue weighted by Gasteiger charge is 2.68. The van der Waals surface area contributed by atoms with Gasteiger partial charge in [-0.25, -0.2) is 0 Å². The van der Waals surface area contributed by atoms with Crippen LogP contribution in [0.3, 0.4) is 0 Å². The van der Waals surface area contributed by atoms with E-state index in [1.807, 2.05) is 36.4 Å². The van der Waals surface area contributed by atoms with Crippen LogP contribution in [0.2, 0.25) is 0 Å². The highest BCUT2D eigenvalue weighted by Crippen LogP contribution is 2.68. The molecule has 5 rings (SSSR count). The first-order chi connectivity index (χ1) is 16.1. The van der Waals surface area contributed by atoms with Crippen molar-refractivity contribution in [2.45, 2.75) is 70.8 Å². The molecular weight excluding hydrogens is 428 g/mol. The van der Waals surface area contributed by atoms with E-state index in [-0.39, 0.29) is 29.0 Å². The average molecular weight is 463 g/mol. The van der Waals surface area contributed by atoms with Gasteiger partial charge in [0, 0.05) is 30.1 Å². The molecule has 1 aromatic rings. The van der Waals surface area contributed by atoms with Gasteiger partial charge in [-0.05, 0) is 55.6 Å². The van der Waals surface area contributed by atoms with Gasteiger partial charge in [-0.15, -0.1) is 0 Å². The van der Waals surface area contributed by atoms with Crippen LogP contribution in [0.15, 0.2) is 53.6 Å². The van der Waals surface area contributed by atoms with Crippen molar-refractivity contribution in [3.8, 4) is 0 Å². The molecule has 6 atom stereocenters. The highest BCUT2D eigenvalue weighted by molar-refractivity contribution is 5.93. The Balaban J connectivity index is 1.58. The number of fused-ring (bicyclic) bond motifs is 5. The maximum Gasteiger partial charge on any atom is 0.303 e. The van der Waals surface area contributed by atoms with Crippen LogP contribution in [0.25, 0.3) is 0 Å². The van der Waals surface area contributed by atoms with E-state index in [0.717, 1.165) is 24.8 Å². The lowest BCUT2D eigenvalue weighted by Crippen LogP contribution is -2.57. The number of Topliss-reactive ketones (excluding diaryl/α,β-unsaturated/α-hetero) is 1. The van der Waals surface area contributed by atoms with Crippen LogP contribution in [-0.4, -0.2) is 34.9 Å². The number of allylic oxidation sites excluding steroid dienone is 4. The molecule has 4 aliphatic rings. The van der Waals surface area contributed by atoms with Crippen molar-refractivity contribution in [1.82, 2.24) is 0 Å². The van der Waals surface area contributed by atoms with Crippen molar-refractivity contribution in [1.29, 1.82) is 0 Å². The maximum absolute atomic E-state index is 13.6. The molecule has 0 radical (unpaired) electrons. The van der Waals surface area contributed by atoms with Gasteiger partial charge in [0.15, 0.2) is 12.4 Å². The largest absolute Gasteiger partial charge is 0.458 e. The summed E-state index contributed by atoms with van der Waals surface area (Å²) in [4.78, 5) is 37.2. The van der Waals surface area contributed by atoms with Crippen molar-refractivity contribution in [2.75, 3.05) is 6.61 Å². The lowest BCUT2D eigenvalue weighted by atomic mass is 9.50. The molecule has 0 amide bonds. The summed E-state index contributed by atoms with van der Waals surface area (Å²) in [6.45, 7) is 5.19. The van der Waals surface area contributed by atoms with Crippen molar-refractivity contribution in [3.63, 3.8) is 0 Å². The third-order valence-corrected chi connectivity index (χ3v) is 9.62. The van der Waals surface area contributed by atoms with E-state index in [1.165, 1.54) is 18.1 Å². The van der Waals surface area contributed by atoms with Crippen LogP contribution in [0.5, 0.6) is 0 Å². The lowest BCUT2D eigenvalue weighted by molar-refractivity contribution is -0.164. The SMILES string of the molecule is CC(=O)OCC(=O)[C@@]1(O)[C@H](c2ccccc2)CC2C3CCC4=CC(=O)CC[C@]4(C)C3=CC[C@@]21C. The maximum atomic E-state index is 13.6. The zero-order valence-corrected chi connectivity index (χ0v) is 20.3. The molecule has 0 saturated heterocycles. The summed E-state index contributed by atoms with van der Waals surface area (Å²) in [5, 5.41) is 12.3. The molecule has 5 nitrogen and oxygen atoms in total. The van der Waals surface area contributed by atoms with Crippen LogP contribution in [-0.2, 0) is 19.1 Å². The highest BCUT2D eigenvalue weighted by atomic mass is 16.5. The Morgan fingerprint density at radius 3 is 2.59 bits per heavy atom.